The van der Waals surface area contributed by atoms with Gasteiger partial charge in [0.1, 0.15) is 0 Å². The van der Waals surface area contributed by atoms with Gasteiger partial charge in [-0.05, 0) is 19.3 Å². The van der Waals surface area contributed by atoms with Crippen LogP contribution in [0, 0.1) is 0 Å². The zero-order valence-corrected chi connectivity index (χ0v) is 7.03. The Bertz CT molecular complexity index is 160. The van der Waals surface area contributed by atoms with E-state index in [1.807, 2.05) is 0 Å². The standard InChI is InChI=1S/C8H15NO3/c9-6-2-1-3-7(6)12-5-4-8(10)11/h6-7H,1-5,9H2,(H,10,11)/t6-,7-/m0/s1. The molecule has 1 saturated carbocycles. The van der Waals surface area contributed by atoms with Gasteiger partial charge in [-0.2, -0.15) is 0 Å². The average molecular weight is 173 g/mol. The Morgan fingerprint density at radius 1 is 1.58 bits per heavy atom. The van der Waals surface area contributed by atoms with Gasteiger partial charge in [0, 0.05) is 6.04 Å². The number of ether oxygens (including phenoxy) is 1. The fourth-order valence-corrected chi connectivity index (χ4v) is 1.46. The first-order valence-corrected chi connectivity index (χ1v) is 4.29. The van der Waals surface area contributed by atoms with E-state index in [1.165, 1.54) is 0 Å². The first-order valence-electron chi connectivity index (χ1n) is 4.29. The Morgan fingerprint density at radius 2 is 2.33 bits per heavy atom. The van der Waals surface area contributed by atoms with Gasteiger partial charge in [-0.15, -0.1) is 0 Å². The summed E-state index contributed by atoms with van der Waals surface area (Å²) < 4.78 is 5.32. The molecule has 0 unspecified atom stereocenters. The number of aliphatic carboxylic acids is 1. The predicted octanol–water partition coefficient (Wildman–Crippen LogP) is 0.357. The van der Waals surface area contributed by atoms with Crippen molar-refractivity contribution in [2.75, 3.05) is 6.61 Å². The van der Waals surface area contributed by atoms with Crippen LogP contribution in [0.2, 0.25) is 0 Å². The minimum absolute atomic E-state index is 0.0726. The van der Waals surface area contributed by atoms with Gasteiger partial charge in [-0.3, -0.25) is 4.79 Å². The summed E-state index contributed by atoms with van der Waals surface area (Å²) in [5, 5.41) is 8.34. The highest BCUT2D eigenvalue weighted by Crippen LogP contribution is 2.20. The molecule has 4 heteroatoms. The molecule has 0 aromatic rings. The molecule has 1 rings (SSSR count). The van der Waals surface area contributed by atoms with Crippen LogP contribution in [0.3, 0.4) is 0 Å². The summed E-state index contributed by atoms with van der Waals surface area (Å²) in [4.78, 5) is 10.1. The molecule has 0 radical (unpaired) electrons. The summed E-state index contributed by atoms with van der Waals surface area (Å²) in [7, 11) is 0. The van der Waals surface area contributed by atoms with Crippen LogP contribution in [0.1, 0.15) is 25.7 Å². The van der Waals surface area contributed by atoms with E-state index < -0.39 is 5.97 Å². The van der Waals surface area contributed by atoms with E-state index in [-0.39, 0.29) is 25.2 Å². The number of carboxylic acids is 1. The van der Waals surface area contributed by atoms with Crippen LogP contribution in [0.25, 0.3) is 0 Å². The SMILES string of the molecule is N[C@H]1CCC[C@@H]1OCCC(=O)O. The third kappa shape index (κ3) is 2.79. The van der Waals surface area contributed by atoms with Crippen molar-refractivity contribution in [2.45, 2.75) is 37.8 Å². The van der Waals surface area contributed by atoms with E-state index in [0.717, 1.165) is 19.3 Å². The summed E-state index contributed by atoms with van der Waals surface area (Å²) in [5.74, 6) is -0.818. The highest BCUT2D eigenvalue weighted by Gasteiger charge is 2.24. The van der Waals surface area contributed by atoms with E-state index in [0.29, 0.717) is 0 Å². The smallest absolute Gasteiger partial charge is 0.305 e. The molecule has 0 heterocycles. The van der Waals surface area contributed by atoms with Gasteiger partial charge in [0.15, 0.2) is 0 Å². The molecule has 0 aliphatic heterocycles. The maximum Gasteiger partial charge on any atom is 0.305 e. The monoisotopic (exact) mass is 173 g/mol. The van der Waals surface area contributed by atoms with E-state index >= 15 is 0 Å². The molecule has 12 heavy (non-hydrogen) atoms. The van der Waals surface area contributed by atoms with Gasteiger partial charge in [0.2, 0.25) is 0 Å². The van der Waals surface area contributed by atoms with Gasteiger partial charge in [-0.25, -0.2) is 0 Å². The van der Waals surface area contributed by atoms with E-state index in [1.54, 1.807) is 0 Å². The summed E-state index contributed by atoms with van der Waals surface area (Å²) in [6.45, 7) is 0.285. The molecule has 0 bridgehead atoms. The minimum atomic E-state index is -0.818. The topological polar surface area (TPSA) is 72.5 Å². The summed E-state index contributed by atoms with van der Waals surface area (Å²) in [6, 6.07) is 0.110. The number of carbonyl (C=O) groups is 1. The van der Waals surface area contributed by atoms with Crippen molar-refractivity contribution in [3.05, 3.63) is 0 Å². The summed E-state index contributed by atoms with van der Waals surface area (Å²) in [5.41, 5.74) is 5.72. The number of rotatable bonds is 4. The number of hydrogen-bond donors (Lipinski definition) is 2. The molecule has 1 aliphatic rings. The first kappa shape index (κ1) is 9.48. The van der Waals surface area contributed by atoms with E-state index in [2.05, 4.69) is 0 Å². The normalized spacial score (nSPS) is 29.1. The fraction of sp³-hybridized carbons (Fsp3) is 0.875. The van der Waals surface area contributed by atoms with Crippen LogP contribution in [-0.4, -0.2) is 29.8 Å². The molecule has 0 aromatic heterocycles. The quantitative estimate of drug-likeness (QED) is 0.643. The second-order valence-corrected chi connectivity index (χ2v) is 3.15. The highest BCUT2D eigenvalue weighted by atomic mass is 16.5. The van der Waals surface area contributed by atoms with Gasteiger partial charge in [0.25, 0.3) is 0 Å². The van der Waals surface area contributed by atoms with Crippen molar-refractivity contribution in [3.63, 3.8) is 0 Å². The van der Waals surface area contributed by atoms with E-state index in [9.17, 15) is 4.79 Å². The molecule has 2 atom stereocenters. The number of carboxylic acid groups (broad SMARTS) is 1. The lowest BCUT2D eigenvalue weighted by atomic mass is 10.2. The fourth-order valence-electron chi connectivity index (χ4n) is 1.46. The third-order valence-corrected chi connectivity index (χ3v) is 2.15. The van der Waals surface area contributed by atoms with Crippen LogP contribution in [0.15, 0.2) is 0 Å². The van der Waals surface area contributed by atoms with Crippen LogP contribution in [0.4, 0.5) is 0 Å². The molecule has 0 amide bonds. The Hall–Kier alpha value is -0.610. The van der Waals surface area contributed by atoms with Crippen molar-refractivity contribution in [1.29, 1.82) is 0 Å². The third-order valence-electron chi connectivity index (χ3n) is 2.15. The molecule has 70 valence electrons. The van der Waals surface area contributed by atoms with Crippen LogP contribution in [-0.2, 0) is 9.53 Å². The van der Waals surface area contributed by atoms with Crippen molar-refractivity contribution in [1.82, 2.24) is 0 Å². The zero-order chi connectivity index (χ0) is 8.97. The van der Waals surface area contributed by atoms with Crippen molar-refractivity contribution in [3.8, 4) is 0 Å². The summed E-state index contributed by atoms with van der Waals surface area (Å²) >= 11 is 0. The lowest BCUT2D eigenvalue weighted by molar-refractivity contribution is -0.138. The molecule has 0 spiro atoms. The predicted molar refractivity (Wildman–Crippen MR) is 43.8 cm³/mol. The Morgan fingerprint density at radius 3 is 2.83 bits per heavy atom. The molecule has 1 fully saturated rings. The molecule has 4 nitrogen and oxygen atoms in total. The first-order chi connectivity index (χ1) is 5.70. The minimum Gasteiger partial charge on any atom is -0.481 e. The van der Waals surface area contributed by atoms with Crippen molar-refractivity contribution < 1.29 is 14.6 Å². The van der Waals surface area contributed by atoms with Crippen LogP contribution in [0.5, 0.6) is 0 Å². The second-order valence-electron chi connectivity index (χ2n) is 3.15. The Kier molecular flexibility index (Phi) is 3.49. The van der Waals surface area contributed by atoms with Gasteiger partial charge < -0.3 is 15.6 Å². The highest BCUT2D eigenvalue weighted by molar-refractivity contribution is 5.66. The summed E-state index contributed by atoms with van der Waals surface area (Å²) in [6.07, 6.45) is 3.23. The molecular formula is C8H15NO3. The lowest BCUT2D eigenvalue weighted by Gasteiger charge is -2.15. The van der Waals surface area contributed by atoms with Crippen molar-refractivity contribution in [2.24, 2.45) is 5.73 Å². The van der Waals surface area contributed by atoms with Gasteiger partial charge in [-0.1, -0.05) is 0 Å². The zero-order valence-electron chi connectivity index (χ0n) is 7.03. The second kappa shape index (κ2) is 4.42. The maximum absolute atomic E-state index is 10.1. The maximum atomic E-state index is 10.1. The van der Waals surface area contributed by atoms with Crippen LogP contribution < -0.4 is 5.73 Å². The van der Waals surface area contributed by atoms with Crippen LogP contribution >= 0.6 is 0 Å². The Balaban J connectivity index is 2.10. The molecule has 1 aliphatic carbocycles. The van der Waals surface area contributed by atoms with Gasteiger partial charge in [0.05, 0.1) is 19.1 Å². The Labute approximate surface area is 71.7 Å². The molecule has 3 N–H and O–H groups in total. The largest absolute Gasteiger partial charge is 0.481 e. The molecular weight excluding hydrogens is 158 g/mol. The number of nitrogens with two attached hydrogens (primary N) is 1. The number of hydrogen-bond acceptors (Lipinski definition) is 3. The lowest BCUT2D eigenvalue weighted by Crippen LogP contribution is -2.31. The van der Waals surface area contributed by atoms with Gasteiger partial charge >= 0.3 is 5.97 Å². The molecule has 0 aromatic carbocycles. The average Bonchev–Trinajstić information content (AvgIpc) is 2.36. The van der Waals surface area contributed by atoms with E-state index in [4.69, 9.17) is 15.6 Å². The van der Waals surface area contributed by atoms with Crippen molar-refractivity contribution >= 4 is 5.97 Å². The molecule has 0 saturated heterocycles.